The minimum absolute atomic E-state index is 0.551. The van der Waals surface area contributed by atoms with Crippen molar-refractivity contribution in [1.82, 2.24) is 0 Å². The third kappa shape index (κ3) is 1.53. The number of benzene rings is 1. The van der Waals surface area contributed by atoms with Gasteiger partial charge in [0.15, 0.2) is 0 Å². The molecule has 0 bridgehead atoms. The van der Waals surface area contributed by atoms with Crippen LogP contribution in [0.15, 0.2) is 24.4 Å². The first-order valence-electron chi connectivity index (χ1n) is 3.59. The standard InChI is InChI=1S/C9H11ClN2/c1-6-7(9(12)5-11)3-2-4-8(6)10/h2-5H,11-12H2,1H3/b9-5-. The zero-order chi connectivity index (χ0) is 9.14. The quantitative estimate of drug-likeness (QED) is 0.697. The Balaban J connectivity index is 3.26. The highest BCUT2D eigenvalue weighted by atomic mass is 35.5. The first-order chi connectivity index (χ1) is 5.66. The van der Waals surface area contributed by atoms with Gasteiger partial charge in [-0.05, 0) is 18.6 Å². The van der Waals surface area contributed by atoms with Crippen molar-refractivity contribution in [1.29, 1.82) is 0 Å². The summed E-state index contributed by atoms with van der Waals surface area (Å²) in [6.45, 7) is 1.91. The molecule has 0 saturated carbocycles. The summed E-state index contributed by atoms with van der Waals surface area (Å²) >= 11 is 5.89. The summed E-state index contributed by atoms with van der Waals surface area (Å²) in [7, 11) is 0. The van der Waals surface area contributed by atoms with Crippen molar-refractivity contribution in [2.75, 3.05) is 0 Å². The van der Waals surface area contributed by atoms with Crippen molar-refractivity contribution in [3.05, 3.63) is 40.5 Å². The molecule has 0 fully saturated rings. The Morgan fingerprint density at radius 3 is 2.75 bits per heavy atom. The van der Waals surface area contributed by atoms with Gasteiger partial charge in [-0.25, -0.2) is 0 Å². The molecule has 64 valence electrons. The Bertz CT molecular complexity index is 318. The Morgan fingerprint density at radius 2 is 2.17 bits per heavy atom. The maximum absolute atomic E-state index is 5.89. The van der Waals surface area contributed by atoms with Gasteiger partial charge >= 0.3 is 0 Å². The number of halogens is 1. The highest BCUT2D eigenvalue weighted by Crippen LogP contribution is 2.21. The van der Waals surface area contributed by atoms with Gasteiger partial charge in [-0.2, -0.15) is 0 Å². The van der Waals surface area contributed by atoms with Gasteiger partial charge in [0.25, 0.3) is 0 Å². The molecule has 4 N–H and O–H groups in total. The van der Waals surface area contributed by atoms with Crippen LogP contribution in [0.5, 0.6) is 0 Å². The maximum Gasteiger partial charge on any atom is 0.0548 e. The van der Waals surface area contributed by atoms with Gasteiger partial charge in [0.05, 0.1) is 5.70 Å². The molecular formula is C9H11ClN2. The topological polar surface area (TPSA) is 52.0 Å². The number of hydrogen-bond donors (Lipinski definition) is 2. The van der Waals surface area contributed by atoms with Crippen LogP contribution in [0, 0.1) is 6.92 Å². The van der Waals surface area contributed by atoms with Crippen LogP contribution in [-0.2, 0) is 0 Å². The summed E-state index contributed by atoms with van der Waals surface area (Å²) in [6.07, 6.45) is 1.37. The second kappa shape index (κ2) is 3.50. The minimum Gasteiger partial charge on any atom is -0.403 e. The number of nitrogens with two attached hydrogens (primary N) is 2. The van der Waals surface area contributed by atoms with Gasteiger partial charge in [0, 0.05) is 16.8 Å². The van der Waals surface area contributed by atoms with Crippen molar-refractivity contribution in [3.63, 3.8) is 0 Å². The third-order valence-corrected chi connectivity index (χ3v) is 2.17. The predicted octanol–water partition coefficient (Wildman–Crippen LogP) is 1.86. The molecular weight excluding hydrogens is 172 g/mol. The first-order valence-corrected chi connectivity index (χ1v) is 3.97. The fourth-order valence-electron chi connectivity index (χ4n) is 1.01. The highest BCUT2D eigenvalue weighted by Gasteiger charge is 2.02. The van der Waals surface area contributed by atoms with E-state index in [1.54, 1.807) is 0 Å². The normalized spacial score (nSPS) is 11.7. The van der Waals surface area contributed by atoms with E-state index >= 15 is 0 Å². The van der Waals surface area contributed by atoms with Crippen molar-refractivity contribution < 1.29 is 0 Å². The lowest BCUT2D eigenvalue weighted by molar-refractivity contribution is 1.37. The Labute approximate surface area is 76.8 Å². The third-order valence-electron chi connectivity index (χ3n) is 1.76. The molecule has 0 aliphatic rings. The van der Waals surface area contributed by atoms with Crippen molar-refractivity contribution in [2.45, 2.75) is 6.92 Å². The van der Waals surface area contributed by atoms with E-state index in [4.69, 9.17) is 23.1 Å². The van der Waals surface area contributed by atoms with Gasteiger partial charge in [0.2, 0.25) is 0 Å². The van der Waals surface area contributed by atoms with Crippen LogP contribution >= 0.6 is 11.6 Å². The molecule has 1 rings (SSSR count). The van der Waals surface area contributed by atoms with E-state index in [0.29, 0.717) is 10.7 Å². The second-order valence-electron chi connectivity index (χ2n) is 2.53. The maximum atomic E-state index is 5.89. The predicted molar refractivity (Wildman–Crippen MR) is 52.5 cm³/mol. The smallest absolute Gasteiger partial charge is 0.0548 e. The average molecular weight is 183 g/mol. The molecule has 0 aliphatic heterocycles. The van der Waals surface area contributed by atoms with E-state index in [-0.39, 0.29) is 0 Å². The van der Waals surface area contributed by atoms with E-state index in [0.717, 1.165) is 11.1 Å². The Kier molecular flexibility index (Phi) is 2.61. The van der Waals surface area contributed by atoms with Gasteiger partial charge in [0.1, 0.15) is 0 Å². The molecule has 0 radical (unpaired) electrons. The second-order valence-corrected chi connectivity index (χ2v) is 2.94. The molecule has 1 aromatic rings. The van der Waals surface area contributed by atoms with Crippen LogP contribution in [0.3, 0.4) is 0 Å². The highest BCUT2D eigenvalue weighted by molar-refractivity contribution is 6.31. The summed E-state index contributed by atoms with van der Waals surface area (Å²) in [6, 6.07) is 5.56. The van der Waals surface area contributed by atoms with Crippen molar-refractivity contribution in [2.24, 2.45) is 11.5 Å². The first kappa shape index (κ1) is 8.94. The van der Waals surface area contributed by atoms with E-state index in [1.165, 1.54) is 6.20 Å². The summed E-state index contributed by atoms with van der Waals surface area (Å²) < 4.78 is 0. The lowest BCUT2D eigenvalue weighted by Crippen LogP contribution is -2.01. The molecule has 1 aromatic carbocycles. The number of rotatable bonds is 1. The summed E-state index contributed by atoms with van der Waals surface area (Å²) in [5, 5.41) is 0.706. The molecule has 2 nitrogen and oxygen atoms in total. The molecule has 3 heteroatoms. The molecule has 0 heterocycles. The summed E-state index contributed by atoms with van der Waals surface area (Å²) in [5.41, 5.74) is 13.3. The molecule has 12 heavy (non-hydrogen) atoms. The lowest BCUT2D eigenvalue weighted by Gasteiger charge is -2.06. The van der Waals surface area contributed by atoms with Crippen LogP contribution in [0.25, 0.3) is 5.70 Å². The van der Waals surface area contributed by atoms with Crippen molar-refractivity contribution >= 4 is 17.3 Å². The van der Waals surface area contributed by atoms with Gasteiger partial charge in [-0.1, -0.05) is 23.7 Å². The van der Waals surface area contributed by atoms with E-state index in [9.17, 15) is 0 Å². The van der Waals surface area contributed by atoms with Crippen LogP contribution in [0.2, 0.25) is 5.02 Å². The molecule has 0 aliphatic carbocycles. The van der Waals surface area contributed by atoms with E-state index < -0.39 is 0 Å². The zero-order valence-electron chi connectivity index (χ0n) is 6.84. The largest absolute Gasteiger partial charge is 0.403 e. The summed E-state index contributed by atoms with van der Waals surface area (Å²) in [4.78, 5) is 0. The van der Waals surface area contributed by atoms with E-state index in [2.05, 4.69) is 0 Å². The number of hydrogen-bond acceptors (Lipinski definition) is 2. The zero-order valence-corrected chi connectivity index (χ0v) is 7.60. The van der Waals surface area contributed by atoms with Gasteiger partial charge < -0.3 is 11.5 Å². The monoisotopic (exact) mass is 182 g/mol. The Morgan fingerprint density at radius 1 is 1.50 bits per heavy atom. The van der Waals surface area contributed by atoms with Crippen LogP contribution in [-0.4, -0.2) is 0 Å². The molecule has 0 amide bonds. The van der Waals surface area contributed by atoms with Crippen LogP contribution in [0.4, 0.5) is 0 Å². The molecule has 0 unspecified atom stereocenters. The molecule has 0 spiro atoms. The van der Waals surface area contributed by atoms with E-state index in [1.807, 2.05) is 25.1 Å². The van der Waals surface area contributed by atoms with Crippen molar-refractivity contribution in [3.8, 4) is 0 Å². The van der Waals surface area contributed by atoms with Gasteiger partial charge in [-0.15, -0.1) is 0 Å². The van der Waals surface area contributed by atoms with Crippen LogP contribution in [0.1, 0.15) is 11.1 Å². The molecule has 0 aromatic heterocycles. The average Bonchev–Trinajstić information content (AvgIpc) is 2.08. The Hall–Kier alpha value is -1.15. The fraction of sp³-hybridized carbons (Fsp3) is 0.111. The lowest BCUT2D eigenvalue weighted by atomic mass is 10.1. The van der Waals surface area contributed by atoms with Gasteiger partial charge in [-0.3, -0.25) is 0 Å². The minimum atomic E-state index is 0.551. The fourth-order valence-corrected chi connectivity index (χ4v) is 1.18. The SMILES string of the molecule is Cc1c(Cl)cccc1/C(N)=C/N. The molecule has 0 saturated heterocycles. The summed E-state index contributed by atoms with van der Waals surface area (Å²) in [5.74, 6) is 0. The molecule has 0 atom stereocenters. The van der Waals surface area contributed by atoms with Crippen LogP contribution < -0.4 is 11.5 Å².